The number of benzene rings is 1. The Morgan fingerprint density at radius 2 is 1.53 bits per heavy atom. The van der Waals surface area contributed by atoms with Gasteiger partial charge in [0.05, 0.1) is 0 Å². The summed E-state index contributed by atoms with van der Waals surface area (Å²) in [5.41, 5.74) is 1.31. The molecule has 0 spiro atoms. The Morgan fingerprint density at radius 1 is 1.00 bits per heavy atom. The van der Waals surface area contributed by atoms with Gasteiger partial charge in [0.15, 0.2) is 0 Å². The zero-order valence-corrected chi connectivity index (χ0v) is 23.3. The Labute approximate surface area is 210 Å². The van der Waals surface area contributed by atoms with Gasteiger partial charge >= 0.3 is 6.09 Å². The minimum absolute atomic E-state index is 0.0553. The molecule has 1 aromatic rings. The molecule has 0 heterocycles. The molecule has 0 aliphatic heterocycles. The summed E-state index contributed by atoms with van der Waals surface area (Å²) >= 11 is 4.34. The number of nitrogens with zero attached hydrogens (tertiary/aromatic N) is 1. The van der Waals surface area contributed by atoms with E-state index >= 15 is 0 Å². The first-order valence-corrected chi connectivity index (χ1v) is 12.5. The second-order valence-electron chi connectivity index (χ2n) is 10.7. The Kier molecular flexibility index (Phi) is 10.5. The number of hydrogen-bond acceptors (Lipinski definition) is 5. The van der Waals surface area contributed by atoms with Gasteiger partial charge in [-0.15, -0.1) is 0 Å². The third-order valence-corrected chi connectivity index (χ3v) is 5.79. The summed E-state index contributed by atoms with van der Waals surface area (Å²) in [5, 5.41) is 5.62. The first kappa shape index (κ1) is 29.8. The van der Waals surface area contributed by atoms with Crippen LogP contribution in [-0.2, 0) is 14.3 Å². The predicted octanol–water partition coefficient (Wildman–Crippen LogP) is 4.71. The van der Waals surface area contributed by atoms with Crippen molar-refractivity contribution in [3.8, 4) is 0 Å². The van der Waals surface area contributed by atoms with Crippen molar-refractivity contribution in [2.45, 2.75) is 105 Å². The van der Waals surface area contributed by atoms with Crippen LogP contribution in [0.15, 0.2) is 18.2 Å². The van der Waals surface area contributed by atoms with E-state index in [4.69, 9.17) is 4.74 Å². The molecule has 0 bridgehead atoms. The van der Waals surface area contributed by atoms with Crippen LogP contribution in [0.5, 0.6) is 0 Å². The van der Waals surface area contributed by atoms with Crippen LogP contribution < -0.4 is 10.6 Å². The number of hydrogen-bond donors (Lipinski definition) is 3. The molecule has 1 aromatic carbocycles. The molecule has 0 aromatic heterocycles. The van der Waals surface area contributed by atoms with Gasteiger partial charge < -0.3 is 20.3 Å². The third kappa shape index (κ3) is 8.53. The summed E-state index contributed by atoms with van der Waals surface area (Å²) in [6.45, 7) is 18.8. The van der Waals surface area contributed by atoms with E-state index in [9.17, 15) is 14.4 Å². The minimum Gasteiger partial charge on any atom is -0.444 e. The molecule has 0 aliphatic carbocycles. The van der Waals surface area contributed by atoms with Gasteiger partial charge in [-0.25, -0.2) is 4.79 Å². The number of carbonyl (C=O) groups is 3. The highest BCUT2D eigenvalue weighted by atomic mass is 32.1. The summed E-state index contributed by atoms with van der Waals surface area (Å²) < 4.78 is 5.35. The van der Waals surface area contributed by atoms with Crippen LogP contribution in [0.2, 0.25) is 0 Å². The van der Waals surface area contributed by atoms with Crippen LogP contribution in [0.3, 0.4) is 0 Å². The van der Waals surface area contributed by atoms with Gasteiger partial charge in [-0.2, -0.15) is 12.6 Å². The van der Waals surface area contributed by atoms with Crippen molar-refractivity contribution in [2.75, 3.05) is 5.75 Å². The fraction of sp³-hybridized carbons (Fsp3) is 0.654. The van der Waals surface area contributed by atoms with Gasteiger partial charge in [-0.05, 0) is 74.3 Å². The van der Waals surface area contributed by atoms with Gasteiger partial charge in [0.1, 0.15) is 17.7 Å². The van der Waals surface area contributed by atoms with Gasteiger partial charge in [-0.3, -0.25) is 9.59 Å². The lowest BCUT2D eigenvalue weighted by atomic mass is 9.91. The van der Waals surface area contributed by atoms with Gasteiger partial charge in [-0.1, -0.05) is 36.2 Å². The first-order valence-electron chi connectivity index (χ1n) is 11.8. The number of carbonyl (C=O) groups excluding carboxylic acids is 3. The quantitative estimate of drug-likeness (QED) is 0.435. The Morgan fingerprint density at radius 3 is 1.94 bits per heavy atom. The number of ether oxygens (including phenoxy) is 1. The average Bonchev–Trinajstić information content (AvgIpc) is 2.66. The highest BCUT2D eigenvalue weighted by Gasteiger charge is 2.43. The number of alkyl carbamates (subject to hydrolysis) is 1. The molecule has 7 nitrogen and oxygen atoms in total. The largest absolute Gasteiger partial charge is 0.444 e. The summed E-state index contributed by atoms with van der Waals surface area (Å²) in [6.07, 6.45) is -0.107. The summed E-state index contributed by atoms with van der Waals surface area (Å²) in [6, 6.07) is 3.93. The maximum atomic E-state index is 14.0. The molecule has 0 fully saturated rings. The molecule has 2 atom stereocenters. The van der Waals surface area contributed by atoms with Crippen LogP contribution in [0.25, 0.3) is 0 Å². The summed E-state index contributed by atoms with van der Waals surface area (Å²) in [4.78, 5) is 41.6. The van der Waals surface area contributed by atoms with Crippen LogP contribution in [0.4, 0.5) is 4.79 Å². The summed E-state index contributed by atoms with van der Waals surface area (Å²) in [7, 11) is 0. The zero-order chi connectivity index (χ0) is 26.4. The second-order valence-corrected chi connectivity index (χ2v) is 11.1. The molecule has 1 rings (SSSR count). The average molecular weight is 494 g/mol. The van der Waals surface area contributed by atoms with Crippen LogP contribution in [0.1, 0.15) is 84.5 Å². The highest BCUT2D eigenvalue weighted by Crippen LogP contribution is 2.33. The number of amides is 3. The molecular weight excluding hydrogens is 450 g/mol. The molecular formula is C26H43N3O4S. The van der Waals surface area contributed by atoms with Gasteiger partial charge in [0.2, 0.25) is 11.8 Å². The van der Waals surface area contributed by atoms with E-state index in [0.29, 0.717) is 6.42 Å². The SMILES string of the molecule is CCC(C)(C)N(C(=O)C(CS)NC(=O)OC(C)(C)C)C(C(=O)NC(C)C)c1cc(C)cc(C)c1. The molecule has 0 radical (unpaired) electrons. The minimum atomic E-state index is -0.968. The van der Waals surface area contributed by atoms with Crippen LogP contribution in [0, 0.1) is 13.8 Å². The lowest BCUT2D eigenvalue weighted by Gasteiger charge is -2.44. The van der Waals surface area contributed by atoms with Crippen molar-refractivity contribution < 1.29 is 19.1 Å². The van der Waals surface area contributed by atoms with E-state index in [0.717, 1.165) is 16.7 Å². The van der Waals surface area contributed by atoms with Crippen molar-refractivity contribution in [3.05, 3.63) is 34.9 Å². The van der Waals surface area contributed by atoms with Crippen molar-refractivity contribution in [1.82, 2.24) is 15.5 Å². The number of thiol groups is 1. The molecule has 8 heteroatoms. The molecule has 0 saturated carbocycles. The van der Waals surface area contributed by atoms with E-state index in [2.05, 4.69) is 23.3 Å². The van der Waals surface area contributed by atoms with Crippen LogP contribution >= 0.6 is 12.6 Å². The van der Waals surface area contributed by atoms with E-state index in [1.807, 2.05) is 66.7 Å². The lowest BCUT2D eigenvalue weighted by Crippen LogP contribution is -2.60. The second kappa shape index (κ2) is 12.0. The first-order chi connectivity index (χ1) is 15.5. The number of rotatable bonds is 9. The van der Waals surface area contributed by atoms with Crippen molar-refractivity contribution in [3.63, 3.8) is 0 Å². The monoisotopic (exact) mass is 493 g/mol. The van der Waals surface area contributed by atoms with Crippen molar-refractivity contribution >= 4 is 30.5 Å². The third-order valence-electron chi connectivity index (χ3n) is 5.42. The standard InChI is InChI=1S/C26H43N3O4S/c1-11-26(9,10)29(23(31)20(15-34)28-24(32)33-25(6,7)8)21(22(30)27-16(2)3)19-13-17(4)12-18(5)14-19/h12-14,16,20-21,34H,11,15H2,1-10H3,(H,27,30)(H,28,32). The normalized spacial score (nSPS) is 13.8. The zero-order valence-electron chi connectivity index (χ0n) is 22.4. The van der Waals surface area contributed by atoms with Crippen LogP contribution in [-0.4, -0.2) is 51.8 Å². The summed E-state index contributed by atoms with van der Waals surface area (Å²) in [5.74, 6) is -0.611. The molecule has 2 N–H and O–H groups in total. The number of nitrogens with one attached hydrogen (secondary N) is 2. The smallest absolute Gasteiger partial charge is 0.408 e. The number of aryl methyl sites for hydroxylation is 2. The molecule has 2 unspecified atom stereocenters. The topological polar surface area (TPSA) is 87.7 Å². The maximum absolute atomic E-state index is 14.0. The van der Waals surface area contributed by atoms with Crippen molar-refractivity contribution in [1.29, 1.82) is 0 Å². The Hall–Kier alpha value is -2.22. The highest BCUT2D eigenvalue weighted by molar-refractivity contribution is 7.80. The lowest BCUT2D eigenvalue weighted by molar-refractivity contribution is -0.149. The molecule has 34 heavy (non-hydrogen) atoms. The molecule has 192 valence electrons. The Balaban J connectivity index is 3.60. The maximum Gasteiger partial charge on any atom is 0.408 e. The van der Waals surface area contributed by atoms with Crippen molar-refractivity contribution in [2.24, 2.45) is 0 Å². The molecule has 3 amide bonds. The van der Waals surface area contributed by atoms with Gasteiger partial charge in [0, 0.05) is 17.3 Å². The van der Waals surface area contributed by atoms with Gasteiger partial charge in [0.25, 0.3) is 0 Å². The van der Waals surface area contributed by atoms with E-state index in [1.165, 1.54) is 0 Å². The van der Waals surface area contributed by atoms with E-state index < -0.39 is 35.2 Å². The molecule has 0 saturated heterocycles. The fourth-order valence-electron chi connectivity index (χ4n) is 3.70. The van der Waals surface area contributed by atoms with E-state index in [-0.39, 0.29) is 17.7 Å². The molecule has 0 aliphatic rings. The Bertz CT molecular complexity index is 857. The predicted molar refractivity (Wildman–Crippen MR) is 140 cm³/mol. The fourth-order valence-corrected chi connectivity index (χ4v) is 3.94. The van der Waals surface area contributed by atoms with E-state index in [1.54, 1.807) is 25.7 Å².